The van der Waals surface area contributed by atoms with Gasteiger partial charge in [0, 0.05) is 59.9 Å². The molecule has 2 aliphatic heterocycles. The van der Waals surface area contributed by atoms with E-state index >= 15 is 0 Å². The van der Waals surface area contributed by atoms with Gasteiger partial charge in [-0.3, -0.25) is 14.8 Å². The van der Waals surface area contributed by atoms with Crippen molar-refractivity contribution in [3.63, 3.8) is 0 Å². The molecule has 0 aliphatic carbocycles. The number of benzene rings is 3. The number of anilines is 3. The molecule has 0 radical (unpaired) electrons. The molecule has 0 saturated carbocycles. The Balaban J connectivity index is 1.12. The van der Waals surface area contributed by atoms with Crippen molar-refractivity contribution >= 4 is 40.7 Å². The van der Waals surface area contributed by atoms with Crippen LogP contribution < -0.4 is 26.6 Å². The second kappa shape index (κ2) is 11.4. The zero-order valence-corrected chi connectivity index (χ0v) is 20.4. The van der Waals surface area contributed by atoms with Gasteiger partial charge in [-0.2, -0.15) is 0 Å². The van der Waals surface area contributed by atoms with Gasteiger partial charge in [0.2, 0.25) is 0 Å². The zero-order valence-electron chi connectivity index (χ0n) is 20.4. The van der Waals surface area contributed by atoms with E-state index in [2.05, 4.69) is 36.6 Å². The Kier molecular flexibility index (Phi) is 7.40. The maximum atomic E-state index is 12.6. The van der Waals surface area contributed by atoms with E-state index in [9.17, 15) is 9.59 Å². The summed E-state index contributed by atoms with van der Waals surface area (Å²) in [5.41, 5.74) is 4.44. The minimum Gasteiger partial charge on any atom is -0.370 e. The minimum atomic E-state index is -0.352. The maximum absolute atomic E-state index is 12.6. The van der Waals surface area contributed by atoms with Crippen LogP contribution in [0.25, 0.3) is 0 Å². The van der Waals surface area contributed by atoms with Gasteiger partial charge in [-0.15, -0.1) is 0 Å². The molecule has 9 nitrogen and oxygen atoms in total. The smallest absolute Gasteiger partial charge is 0.323 e. The molecule has 2 heterocycles. The fourth-order valence-corrected chi connectivity index (χ4v) is 4.08. The van der Waals surface area contributed by atoms with E-state index in [0.29, 0.717) is 22.6 Å². The molecule has 3 amide bonds. The molecule has 188 valence electrons. The molecule has 0 unspecified atom stereocenters. The van der Waals surface area contributed by atoms with Crippen molar-refractivity contribution in [1.29, 1.82) is 0 Å². The number of carbonyl (C=O) groups excluding carboxylic acids is 2. The summed E-state index contributed by atoms with van der Waals surface area (Å²) in [5.74, 6) is 1.55. The Hall–Kier alpha value is -4.66. The summed E-state index contributed by atoms with van der Waals surface area (Å²) in [7, 11) is 0. The summed E-state index contributed by atoms with van der Waals surface area (Å²) >= 11 is 0. The number of nitrogens with zero attached hydrogens (tertiary/aromatic N) is 2. The number of amides is 3. The number of nitrogens with one attached hydrogen (secondary N) is 5. The van der Waals surface area contributed by atoms with Crippen molar-refractivity contribution in [3.05, 3.63) is 89.5 Å². The highest BCUT2D eigenvalue weighted by atomic mass is 16.2. The van der Waals surface area contributed by atoms with Crippen molar-refractivity contribution in [2.75, 3.05) is 42.1 Å². The highest BCUT2D eigenvalue weighted by Crippen LogP contribution is 2.17. The summed E-state index contributed by atoms with van der Waals surface area (Å²) in [4.78, 5) is 34.0. The molecule has 9 heteroatoms. The molecule has 0 spiro atoms. The first-order valence-corrected chi connectivity index (χ1v) is 12.4. The van der Waals surface area contributed by atoms with Gasteiger partial charge in [-0.05, 0) is 73.5 Å². The first kappa shape index (κ1) is 24.1. The van der Waals surface area contributed by atoms with Crippen molar-refractivity contribution in [2.24, 2.45) is 9.98 Å². The number of rotatable bonds is 6. The largest absolute Gasteiger partial charge is 0.370 e. The number of hydrogen-bond acceptors (Lipinski definition) is 6. The molecule has 0 saturated heterocycles. The highest BCUT2D eigenvalue weighted by Gasteiger charge is 2.11. The molecule has 0 aromatic heterocycles. The first-order valence-electron chi connectivity index (χ1n) is 12.4. The van der Waals surface area contributed by atoms with E-state index in [-0.39, 0.29) is 11.9 Å². The van der Waals surface area contributed by atoms with Crippen molar-refractivity contribution in [3.8, 4) is 0 Å². The van der Waals surface area contributed by atoms with Crippen molar-refractivity contribution in [1.82, 2.24) is 10.6 Å². The molecule has 2 aliphatic rings. The van der Waals surface area contributed by atoms with Gasteiger partial charge in [0.1, 0.15) is 11.7 Å². The Bertz CT molecular complexity index is 1310. The molecule has 0 fully saturated rings. The first-order chi connectivity index (χ1) is 18.1. The van der Waals surface area contributed by atoms with Gasteiger partial charge in [0.05, 0.1) is 0 Å². The zero-order chi connectivity index (χ0) is 25.5. The predicted molar refractivity (Wildman–Crippen MR) is 148 cm³/mol. The quantitative estimate of drug-likeness (QED) is 0.354. The minimum absolute atomic E-state index is 0.207. The van der Waals surface area contributed by atoms with Crippen LogP contribution in [0.15, 0.2) is 82.8 Å². The Morgan fingerprint density at radius 1 is 0.595 bits per heavy atom. The molecule has 3 aromatic carbocycles. The summed E-state index contributed by atoms with van der Waals surface area (Å²) < 4.78 is 0. The third-order valence-electron chi connectivity index (χ3n) is 6.03. The predicted octanol–water partition coefficient (Wildman–Crippen LogP) is 4.06. The van der Waals surface area contributed by atoms with Crippen LogP contribution in [-0.2, 0) is 0 Å². The molecule has 3 aromatic rings. The normalized spacial score (nSPS) is 14.8. The second-order valence-electron chi connectivity index (χ2n) is 8.79. The van der Waals surface area contributed by atoms with Crippen LogP contribution in [0.1, 0.15) is 34.3 Å². The van der Waals surface area contributed by atoms with E-state index in [0.717, 1.165) is 61.8 Å². The van der Waals surface area contributed by atoms with E-state index < -0.39 is 0 Å². The SMILES string of the molecule is O=C(Nc1ccc(NC(=O)c2ccc(C3=NCCCN3)cc2)cc1)Nc1ccc(C2=NCCCN2)cc1. The van der Waals surface area contributed by atoms with Gasteiger partial charge in [0.25, 0.3) is 5.91 Å². The van der Waals surface area contributed by atoms with Crippen molar-refractivity contribution in [2.45, 2.75) is 12.8 Å². The van der Waals surface area contributed by atoms with Gasteiger partial charge in [-0.1, -0.05) is 12.1 Å². The van der Waals surface area contributed by atoms with Crippen LogP contribution in [-0.4, -0.2) is 49.8 Å². The molecule has 5 rings (SSSR count). The Morgan fingerprint density at radius 2 is 1.03 bits per heavy atom. The summed E-state index contributed by atoms with van der Waals surface area (Å²) in [6.07, 6.45) is 2.07. The van der Waals surface area contributed by atoms with E-state index in [4.69, 9.17) is 0 Å². The van der Waals surface area contributed by atoms with Crippen molar-refractivity contribution < 1.29 is 9.59 Å². The lowest BCUT2D eigenvalue weighted by molar-refractivity contribution is 0.102. The second-order valence-corrected chi connectivity index (χ2v) is 8.79. The lowest BCUT2D eigenvalue weighted by Gasteiger charge is -2.15. The number of carbonyl (C=O) groups is 2. The Morgan fingerprint density at radius 3 is 1.49 bits per heavy atom. The average Bonchev–Trinajstić information content (AvgIpc) is 2.95. The van der Waals surface area contributed by atoms with Gasteiger partial charge in [0.15, 0.2) is 0 Å². The van der Waals surface area contributed by atoms with E-state index in [1.807, 2.05) is 36.4 Å². The molecule has 37 heavy (non-hydrogen) atoms. The number of hydrogen-bond donors (Lipinski definition) is 5. The van der Waals surface area contributed by atoms with E-state index in [1.54, 1.807) is 36.4 Å². The molecule has 5 N–H and O–H groups in total. The van der Waals surface area contributed by atoms with Gasteiger partial charge in [-0.25, -0.2) is 4.79 Å². The van der Waals surface area contributed by atoms with Crippen LogP contribution in [0.4, 0.5) is 21.9 Å². The third-order valence-corrected chi connectivity index (χ3v) is 6.03. The summed E-state index contributed by atoms with van der Waals surface area (Å²) in [5, 5.41) is 15.1. The van der Waals surface area contributed by atoms with Crippen LogP contribution in [0.2, 0.25) is 0 Å². The number of aliphatic imine (C=N–C) groups is 2. The number of urea groups is 1. The maximum Gasteiger partial charge on any atom is 0.323 e. The van der Waals surface area contributed by atoms with Crippen LogP contribution in [0, 0.1) is 0 Å². The fraction of sp³-hybridized carbons (Fsp3) is 0.214. The highest BCUT2D eigenvalue weighted by molar-refractivity contribution is 6.06. The molecular formula is C28H29N7O2. The lowest BCUT2D eigenvalue weighted by Crippen LogP contribution is -2.30. The molecule has 0 atom stereocenters. The Labute approximate surface area is 215 Å². The van der Waals surface area contributed by atoms with Crippen LogP contribution in [0.5, 0.6) is 0 Å². The molecular weight excluding hydrogens is 466 g/mol. The average molecular weight is 496 g/mol. The topological polar surface area (TPSA) is 119 Å². The molecule has 0 bridgehead atoms. The monoisotopic (exact) mass is 495 g/mol. The standard InChI is InChI=1S/C28H29N7O2/c36-27(21-5-3-19(4-6-21)25-29-15-1-16-30-25)33-22-11-13-24(14-12-22)35-28(37)34-23-9-7-20(8-10-23)26-31-17-2-18-32-26/h3-14H,1-2,15-18H2,(H,29,30)(H,31,32)(H,33,36)(H2,34,35,37). The van der Waals surface area contributed by atoms with Gasteiger partial charge < -0.3 is 26.6 Å². The van der Waals surface area contributed by atoms with Gasteiger partial charge >= 0.3 is 6.03 Å². The third kappa shape index (κ3) is 6.32. The van der Waals surface area contributed by atoms with Crippen LogP contribution in [0.3, 0.4) is 0 Å². The number of amidine groups is 2. The lowest BCUT2D eigenvalue weighted by atomic mass is 10.1. The fourth-order valence-electron chi connectivity index (χ4n) is 4.08. The summed E-state index contributed by atoms with van der Waals surface area (Å²) in [6, 6.07) is 21.5. The summed E-state index contributed by atoms with van der Waals surface area (Å²) in [6.45, 7) is 3.48. The van der Waals surface area contributed by atoms with Crippen LogP contribution >= 0.6 is 0 Å². The van der Waals surface area contributed by atoms with E-state index in [1.165, 1.54) is 0 Å².